The minimum atomic E-state index is -0.775. The lowest BCUT2D eigenvalue weighted by molar-refractivity contribution is -0.141. The second-order valence-electron chi connectivity index (χ2n) is 4.82. The zero-order valence-electron chi connectivity index (χ0n) is 10.8. The summed E-state index contributed by atoms with van der Waals surface area (Å²) in [6, 6.07) is -0.0508. The summed E-state index contributed by atoms with van der Waals surface area (Å²) < 4.78 is 3.82. The second kappa shape index (κ2) is 6.10. The van der Waals surface area contributed by atoms with Gasteiger partial charge in [0.1, 0.15) is 4.88 Å². The Morgan fingerprint density at radius 3 is 2.89 bits per heavy atom. The van der Waals surface area contributed by atoms with E-state index in [1.807, 2.05) is 6.92 Å². The molecule has 0 radical (unpaired) electrons. The molecule has 1 aliphatic rings. The van der Waals surface area contributed by atoms with E-state index in [1.54, 1.807) is 0 Å². The van der Waals surface area contributed by atoms with Crippen LogP contribution in [0.2, 0.25) is 0 Å². The van der Waals surface area contributed by atoms with E-state index >= 15 is 0 Å². The molecular weight excluding hydrogens is 266 g/mol. The Kier molecular flexibility index (Phi) is 4.47. The topological polar surface area (TPSA) is 92.2 Å². The second-order valence-corrected chi connectivity index (χ2v) is 5.57. The molecule has 7 heteroatoms. The van der Waals surface area contributed by atoms with Gasteiger partial charge in [0, 0.05) is 6.04 Å². The smallest absolute Gasteiger partial charge is 0.306 e. The summed E-state index contributed by atoms with van der Waals surface area (Å²) in [6.07, 6.45) is 3.51. The Morgan fingerprint density at radius 2 is 2.26 bits per heavy atom. The first-order valence-corrected chi connectivity index (χ1v) is 7.24. The first kappa shape index (κ1) is 13.9. The summed E-state index contributed by atoms with van der Waals surface area (Å²) in [5, 5.41) is 15.8. The van der Waals surface area contributed by atoms with Crippen LogP contribution in [0.1, 0.15) is 48.0 Å². The van der Waals surface area contributed by atoms with Crippen molar-refractivity contribution in [1.29, 1.82) is 0 Å². The molecule has 1 aliphatic carbocycles. The highest BCUT2D eigenvalue weighted by Gasteiger charge is 2.31. The van der Waals surface area contributed by atoms with Crippen molar-refractivity contribution in [2.75, 3.05) is 0 Å². The minimum absolute atomic E-state index is 0.0508. The molecule has 6 nitrogen and oxygen atoms in total. The monoisotopic (exact) mass is 283 g/mol. The molecule has 0 aliphatic heterocycles. The minimum Gasteiger partial charge on any atom is -0.481 e. The molecule has 1 saturated carbocycles. The largest absolute Gasteiger partial charge is 0.481 e. The number of hydrogen-bond donors (Lipinski definition) is 2. The molecule has 0 unspecified atom stereocenters. The third-order valence-corrected chi connectivity index (χ3v) is 4.13. The number of aryl methyl sites for hydroxylation is 1. The molecule has 104 valence electrons. The molecule has 0 aromatic carbocycles. The molecule has 0 saturated heterocycles. The van der Waals surface area contributed by atoms with Crippen LogP contribution in [0, 0.1) is 5.92 Å². The van der Waals surface area contributed by atoms with Crippen LogP contribution in [0.5, 0.6) is 0 Å². The molecular formula is C12H17N3O3S. The highest BCUT2D eigenvalue weighted by Crippen LogP contribution is 2.26. The number of carboxylic acids is 1. The van der Waals surface area contributed by atoms with Crippen molar-refractivity contribution in [1.82, 2.24) is 14.9 Å². The van der Waals surface area contributed by atoms with E-state index in [2.05, 4.69) is 14.9 Å². The van der Waals surface area contributed by atoms with Crippen molar-refractivity contribution in [2.24, 2.45) is 5.92 Å². The number of rotatable bonds is 5. The summed E-state index contributed by atoms with van der Waals surface area (Å²) >= 11 is 1.10. The standard InChI is InChI=1S/C12H17N3O3S/c1-2-3-9-10(19-15-14-9)11(16)13-8-5-4-7(6-8)12(17)18/h7-8H,2-6H2,1H3,(H,13,16)(H,17,18)/t7-,8+/m1/s1. The van der Waals surface area contributed by atoms with Gasteiger partial charge in [-0.15, -0.1) is 5.10 Å². The van der Waals surface area contributed by atoms with Crippen molar-refractivity contribution in [2.45, 2.75) is 45.1 Å². The van der Waals surface area contributed by atoms with Crippen LogP contribution in [0.15, 0.2) is 0 Å². The predicted molar refractivity (Wildman–Crippen MR) is 70.1 cm³/mol. The van der Waals surface area contributed by atoms with Gasteiger partial charge >= 0.3 is 5.97 Å². The molecule has 1 aromatic rings. The summed E-state index contributed by atoms with van der Waals surface area (Å²) in [6.45, 7) is 2.02. The van der Waals surface area contributed by atoms with Gasteiger partial charge in [-0.25, -0.2) is 0 Å². The van der Waals surface area contributed by atoms with Gasteiger partial charge in [-0.2, -0.15) is 0 Å². The highest BCUT2D eigenvalue weighted by atomic mass is 32.1. The Balaban J connectivity index is 1.94. The van der Waals surface area contributed by atoms with Gasteiger partial charge in [-0.3, -0.25) is 9.59 Å². The van der Waals surface area contributed by atoms with E-state index in [4.69, 9.17) is 5.11 Å². The highest BCUT2D eigenvalue weighted by molar-refractivity contribution is 7.08. The van der Waals surface area contributed by atoms with Crippen molar-refractivity contribution >= 4 is 23.4 Å². The number of amides is 1. The fraction of sp³-hybridized carbons (Fsp3) is 0.667. The number of hydrogen-bond acceptors (Lipinski definition) is 5. The fourth-order valence-corrected chi connectivity index (χ4v) is 2.98. The molecule has 0 spiro atoms. The van der Waals surface area contributed by atoms with Crippen LogP contribution in [0.3, 0.4) is 0 Å². The molecule has 0 bridgehead atoms. The average Bonchev–Trinajstić information content (AvgIpc) is 2.98. The maximum absolute atomic E-state index is 12.1. The van der Waals surface area contributed by atoms with Gasteiger partial charge in [0.25, 0.3) is 5.91 Å². The van der Waals surface area contributed by atoms with Gasteiger partial charge in [0.05, 0.1) is 11.6 Å². The van der Waals surface area contributed by atoms with E-state index in [0.717, 1.165) is 36.5 Å². The van der Waals surface area contributed by atoms with Crippen LogP contribution < -0.4 is 5.32 Å². The third kappa shape index (κ3) is 3.28. The Morgan fingerprint density at radius 1 is 1.47 bits per heavy atom. The molecule has 2 rings (SSSR count). The SMILES string of the molecule is CCCc1nnsc1C(=O)N[C@H]1CC[C@@H](C(=O)O)C1. The number of aliphatic carboxylic acids is 1. The Labute approximate surface area is 115 Å². The van der Waals surface area contributed by atoms with E-state index in [-0.39, 0.29) is 17.9 Å². The fourth-order valence-electron chi connectivity index (χ4n) is 2.37. The molecule has 2 atom stereocenters. The molecule has 2 N–H and O–H groups in total. The molecule has 19 heavy (non-hydrogen) atoms. The van der Waals surface area contributed by atoms with Gasteiger partial charge in [-0.05, 0) is 37.2 Å². The first-order valence-electron chi connectivity index (χ1n) is 6.46. The van der Waals surface area contributed by atoms with Gasteiger partial charge in [0.2, 0.25) is 0 Å². The number of aromatic nitrogens is 2. The predicted octanol–water partition coefficient (Wildman–Crippen LogP) is 1.47. The lowest BCUT2D eigenvalue weighted by Crippen LogP contribution is -2.33. The summed E-state index contributed by atoms with van der Waals surface area (Å²) in [7, 11) is 0. The van der Waals surface area contributed by atoms with Crippen molar-refractivity contribution in [3.8, 4) is 0 Å². The van der Waals surface area contributed by atoms with Gasteiger partial charge in [0.15, 0.2) is 0 Å². The summed E-state index contributed by atoms with van der Waals surface area (Å²) in [5.74, 6) is -1.28. The number of carbonyl (C=O) groups excluding carboxylic acids is 1. The Bertz CT molecular complexity index is 475. The lowest BCUT2D eigenvalue weighted by Gasteiger charge is -2.11. The number of carboxylic acid groups (broad SMARTS) is 1. The first-order chi connectivity index (χ1) is 9.11. The number of nitrogens with zero attached hydrogens (tertiary/aromatic N) is 2. The van der Waals surface area contributed by atoms with Crippen molar-refractivity contribution in [3.05, 3.63) is 10.6 Å². The van der Waals surface area contributed by atoms with Crippen LogP contribution in [0.25, 0.3) is 0 Å². The molecule has 1 aromatic heterocycles. The summed E-state index contributed by atoms with van der Waals surface area (Å²) in [4.78, 5) is 23.5. The zero-order valence-corrected chi connectivity index (χ0v) is 11.6. The molecule has 1 fully saturated rings. The zero-order chi connectivity index (χ0) is 13.8. The lowest BCUT2D eigenvalue weighted by atomic mass is 10.1. The van der Waals surface area contributed by atoms with Crippen LogP contribution in [-0.2, 0) is 11.2 Å². The van der Waals surface area contributed by atoms with E-state index in [9.17, 15) is 9.59 Å². The van der Waals surface area contributed by atoms with Crippen LogP contribution in [0.4, 0.5) is 0 Å². The van der Waals surface area contributed by atoms with E-state index in [0.29, 0.717) is 17.7 Å². The molecule has 1 heterocycles. The normalized spacial score (nSPS) is 22.4. The number of carbonyl (C=O) groups is 2. The quantitative estimate of drug-likeness (QED) is 0.853. The number of nitrogens with one attached hydrogen (secondary N) is 1. The Hall–Kier alpha value is -1.50. The van der Waals surface area contributed by atoms with Crippen LogP contribution >= 0.6 is 11.5 Å². The van der Waals surface area contributed by atoms with E-state index < -0.39 is 5.97 Å². The average molecular weight is 283 g/mol. The molecule has 1 amide bonds. The van der Waals surface area contributed by atoms with Crippen molar-refractivity contribution < 1.29 is 14.7 Å². The third-order valence-electron chi connectivity index (χ3n) is 3.37. The van der Waals surface area contributed by atoms with E-state index in [1.165, 1.54) is 0 Å². The van der Waals surface area contributed by atoms with Gasteiger partial charge in [-0.1, -0.05) is 17.8 Å². The summed E-state index contributed by atoms with van der Waals surface area (Å²) in [5.41, 5.74) is 0.734. The van der Waals surface area contributed by atoms with Crippen molar-refractivity contribution in [3.63, 3.8) is 0 Å². The maximum Gasteiger partial charge on any atom is 0.306 e. The maximum atomic E-state index is 12.1. The van der Waals surface area contributed by atoms with Gasteiger partial charge < -0.3 is 10.4 Å². The van der Waals surface area contributed by atoms with Crippen LogP contribution in [-0.4, -0.2) is 32.6 Å².